The van der Waals surface area contributed by atoms with E-state index in [-0.39, 0.29) is 5.92 Å². The van der Waals surface area contributed by atoms with E-state index in [1.165, 1.54) is 4.31 Å². The van der Waals surface area contributed by atoms with Crippen molar-refractivity contribution in [2.24, 2.45) is 11.7 Å². The molecule has 2 rings (SSSR count). The van der Waals surface area contributed by atoms with Gasteiger partial charge in [0.25, 0.3) is 10.0 Å². The van der Waals surface area contributed by atoms with Crippen molar-refractivity contribution in [1.29, 1.82) is 0 Å². The number of hydrogen-bond donors (Lipinski definition) is 1. The van der Waals surface area contributed by atoms with E-state index < -0.39 is 10.0 Å². The van der Waals surface area contributed by atoms with Crippen molar-refractivity contribution in [3.8, 4) is 0 Å². The lowest BCUT2D eigenvalue weighted by Gasteiger charge is -2.14. The molecule has 1 aromatic rings. The normalized spacial score (nSPS) is 22.2. The molecule has 2 N–H and O–H groups in total. The van der Waals surface area contributed by atoms with Crippen molar-refractivity contribution < 1.29 is 8.42 Å². The zero-order valence-corrected chi connectivity index (χ0v) is 11.9. The molecule has 1 unspecified atom stereocenters. The van der Waals surface area contributed by atoms with E-state index in [1.54, 1.807) is 6.07 Å². The van der Waals surface area contributed by atoms with E-state index in [0.29, 0.717) is 28.2 Å². The van der Waals surface area contributed by atoms with Crippen LogP contribution in [0.5, 0.6) is 0 Å². The van der Waals surface area contributed by atoms with Gasteiger partial charge in [0.05, 0.1) is 4.34 Å². The second-order valence-electron chi connectivity index (χ2n) is 4.28. The van der Waals surface area contributed by atoms with Gasteiger partial charge in [-0.05, 0) is 37.4 Å². The quantitative estimate of drug-likeness (QED) is 0.922. The van der Waals surface area contributed by atoms with Crippen molar-refractivity contribution in [1.82, 2.24) is 4.31 Å². The molecule has 2 heterocycles. The Bertz CT molecular complexity index is 493. The van der Waals surface area contributed by atoms with Gasteiger partial charge < -0.3 is 5.73 Å². The number of hydrogen-bond acceptors (Lipinski definition) is 4. The van der Waals surface area contributed by atoms with Crippen LogP contribution in [0.1, 0.15) is 12.0 Å². The number of thiophene rings is 1. The third kappa shape index (κ3) is 2.51. The molecule has 0 aromatic carbocycles. The predicted molar refractivity (Wildman–Crippen MR) is 70.0 cm³/mol. The molecular formula is C10H15ClN2O2S2. The molecular weight excluding hydrogens is 280 g/mol. The summed E-state index contributed by atoms with van der Waals surface area (Å²) in [4.78, 5) is 0. The molecule has 4 nitrogen and oxygen atoms in total. The summed E-state index contributed by atoms with van der Waals surface area (Å²) in [6, 6.07) is 1.64. The van der Waals surface area contributed by atoms with Crippen LogP contribution >= 0.6 is 22.9 Å². The average Bonchev–Trinajstić information content (AvgIpc) is 2.87. The molecule has 96 valence electrons. The standard InChI is InChI=1S/C10H15ClN2O2S2/c1-7-4-9(16-10(7)11)17(14,15)13-3-2-8(5-12)6-13/h4,8H,2-3,5-6,12H2,1H3. The molecule has 0 bridgehead atoms. The summed E-state index contributed by atoms with van der Waals surface area (Å²) in [7, 11) is -3.37. The minimum atomic E-state index is -3.37. The van der Waals surface area contributed by atoms with Crippen molar-refractivity contribution in [2.45, 2.75) is 17.6 Å². The van der Waals surface area contributed by atoms with Crippen molar-refractivity contribution in [3.05, 3.63) is 16.0 Å². The number of nitrogens with zero attached hydrogens (tertiary/aromatic N) is 1. The van der Waals surface area contributed by atoms with Crippen LogP contribution < -0.4 is 5.73 Å². The second kappa shape index (κ2) is 4.85. The summed E-state index contributed by atoms with van der Waals surface area (Å²) in [6.07, 6.45) is 0.841. The molecule has 0 spiro atoms. The monoisotopic (exact) mass is 294 g/mol. The van der Waals surface area contributed by atoms with E-state index in [0.717, 1.165) is 23.3 Å². The fraction of sp³-hybridized carbons (Fsp3) is 0.600. The van der Waals surface area contributed by atoms with Crippen molar-refractivity contribution in [3.63, 3.8) is 0 Å². The molecule has 0 amide bonds. The third-order valence-electron chi connectivity index (χ3n) is 3.01. The Hall–Kier alpha value is -0.140. The third-order valence-corrected chi connectivity index (χ3v) is 6.88. The molecule has 17 heavy (non-hydrogen) atoms. The van der Waals surface area contributed by atoms with Gasteiger partial charge in [-0.1, -0.05) is 11.6 Å². The average molecular weight is 295 g/mol. The van der Waals surface area contributed by atoms with Crippen LogP contribution in [0, 0.1) is 12.8 Å². The lowest BCUT2D eigenvalue weighted by molar-refractivity contribution is 0.460. The molecule has 1 aliphatic heterocycles. The van der Waals surface area contributed by atoms with Crippen molar-refractivity contribution in [2.75, 3.05) is 19.6 Å². The zero-order chi connectivity index (χ0) is 12.6. The van der Waals surface area contributed by atoms with E-state index >= 15 is 0 Å². The van der Waals surface area contributed by atoms with Gasteiger partial charge in [-0.15, -0.1) is 11.3 Å². The maximum Gasteiger partial charge on any atom is 0.252 e. The smallest absolute Gasteiger partial charge is 0.252 e. The number of aryl methyl sites for hydroxylation is 1. The lowest BCUT2D eigenvalue weighted by Crippen LogP contribution is -2.29. The molecule has 0 radical (unpaired) electrons. The number of nitrogens with two attached hydrogens (primary N) is 1. The first kappa shape index (κ1) is 13.3. The Morgan fingerprint density at radius 1 is 1.65 bits per heavy atom. The Morgan fingerprint density at radius 2 is 2.35 bits per heavy atom. The summed E-state index contributed by atoms with van der Waals surface area (Å²) in [5.41, 5.74) is 6.38. The van der Waals surface area contributed by atoms with Crippen LogP contribution in [-0.4, -0.2) is 32.4 Å². The van der Waals surface area contributed by atoms with Gasteiger partial charge in [-0.2, -0.15) is 4.31 Å². The minimum Gasteiger partial charge on any atom is -0.330 e. The summed E-state index contributed by atoms with van der Waals surface area (Å²) >= 11 is 7.04. The van der Waals surface area contributed by atoms with Gasteiger partial charge in [-0.3, -0.25) is 0 Å². The molecule has 1 aliphatic rings. The lowest BCUT2D eigenvalue weighted by atomic mass is 10.1. The number of rotatable bonds is 3. The highest BCUT2D eigenvalue weighted by molar-refractivity contribution is 7.91. The Labute approximate surface area is 110 Å². The summed E-state index contributed by atoms with van der Waals surface area (Å²) < 4.78 is 27.0. The highest BCUT2D eigenvalue weighted by Gasteiger charge is 2.33. The van der Waals surface area contributed by atoms with Gasteiger partial charge >= 0.3 is 0 Å². The topological polar surface area (TPSA) is 63.4 Å². The Morgan fingerprint density at radius 3 is 2.82 bits per heavy atom. The first-order valence-corrected chi connectivity index (χ1v) is 8.04. The molecule has 0 aliphatic carbocycles. The summed E-state index contributed by atoms with van der Waals surface area (Å²) in [6.45, 7) is 3.42. The number of sulfonamides is 1. The molecule has 1 saturated heterocycles. The van der Waals surface area contributed by atoms with Crippen molar-refractivity contribution >= 4 is 33.0 Å². The largest absolute Gasteiger partial charge is 0.330 e. The highest BCUT2D eigenvalue weighted by atomic mass is 35.5. The molecule has 1 fully saturated rings. The SMILES string of the molecule is Cc1cc(S(=O)(=O)N2CCC(CN)C2)sc1Cl. The molecule has 1 aromatic heterocycles. The highest BCUT2D eigenvalue weighted by Crippen LogP contribution is 2.33. The van der Waals surface area contributed by atoms with E-state index in [4.69, 9.17) is 17.3 Å². The Kier molecular flexibility index (Phi) is 3.80. The van der Waals surface area contributed by atoms with Crippen LogP contribution in [-0.2, 0) is 10.0 Å². The maximum absolute atomic E-state index is 12.3. The maximum atomic E-state index is 12.3. The van der Waals surface area contributed by atoms with E-state index in [9.17, 15) is 8.42 Å². The predicted octanol–water partition coefficient (Wildman–Crippen LogP) is 1.68. The van der Waals surface area contributed by atoms with Crippen LogP contribution in [0.3, 0.4) is 0 Å². The first-order valence-electron chi connectivity index (χ1n) is 5.41. The fourth-order valence-corrected chi connectivity index (χ4v) is 5.29. The van der Waals surface area contributed by atoms with Gasteiger partial charge in [-0.25, -0.2) is 8.42 Å². The van der Waals surface area contributed by atoms with Gasteiger partial charge in [0.1, 0.15) is 4.21 Å². The fourth-order valence-electron chi connectivity index (χ4n) is 1.89. The van der Waals surface area contributed by atoms with Crippen LogP contribution in [0.15, 0.2) is 10.3 Å². The van der Waals surface area contributed by atoms with Gasteiger partial charge in [0.15, 0.2) is 0 Å². The molecule has 1 atom stereocenters. The second-order valence-corrected chi connectivity index (χ2v) is 8.09. The Balaban J connectivity index is 2.25. The van der Waals surface area contributed by atoms with Crippen LogP contribution in [0.25, 0.3) is 0 Å². The minimum absolute atomic E-state index is 0.279. The molecule has 0 saturated carbocycles. The first-order chi connectivity index (χ1) is 7.95. The zero-order valence-electron chi connectivity index (χ0n) is 9.52. The van der Waals surface area contributed by atoms with Crippen LogP contribution in [0.4, 0.5) is 0 Å². The van der Waals surface area contributed by atoms with Crippen LogP contribution in [0.2, 0.25) is 4.34 Å². The van der Waals surface area contributed by atoms with Gasteiger partial charge in [0, 0.05) is 13.1 Å². The summed E-state index contributed by atoms with van der Waals surface area (Å²) in [5.74, 6) is 0.279. The van der Waals surface area contributed by atoms with Gasteiger partial charge in [0.2, 0.25) is 0 Å². The number of halogens is 1. The van der Waals surface area contributed by atoms with E-state index in [2.05, 4.69) is 0 Å². The summed E-state index contributed by atoms with van der Waals surface area (Å²) in [5, 5.41) is 0. The van der Waals surface area contributed by atoms with E-state index in [1.807, 2.05) is 6.92 Å². The molecule has 7 heteroatoms.